The lowest BCUT2D eigenvalue weighted by atomic mass is 9.93. The average Bonchev–Trinajstić information content (AvgIpc) is 2.89. The Kier molecular flexibility index (Phi) is 8.12. The molecule has 0 aliphatic rings. The average molecular weight is 311 g/mol. The van der Waals surface area contributed by atoms with Crippen LogP contribution in [-0.2, 0) is 4.79 Å². The third-order valence-electron chi connectivity index (χ3n) is 3.40. The number of nitrogens with zero attached hydrogens (tertiary/aromatic N) is 2. The third-order valence-corrected chi connectivity index (χ3v) is 3.63. The molecule has 0 aromatic carbocycles. The van der Waals surface area contributed by atoms with Gasteiger partial charge in [0, 0.05) is 17.5 Å². The maximum Gasteiger partial charge on any atom is 0.266 e. The van der Waals surface area contributed by atoms with E-state index >= 15 is 0 Å². The monoisotopic (exact) mass is 311 g/mol. The summed E-state index contributed by atoms with van der Waals surface area (Å²) in [4.78, 5) is 24.3. The maximum atomic E-state index is 11.9. The standard InChI is InChI=1S/C15H25N3O2S/c1-3-5-7-12(6-4-2)8-14(19)16-10-15(20)18-11-13(21)9-17-18/h9,11-12,21H,3-8,10H2,1-2H3,(H,16,19). The van der Waals surface area contributed by atoms with Crippen LogP contribution in [0.2, 0.25) is 0 Å². The predicted molar refractivity (Wildman–Crippen MR) is 85.7 cm³/mol. The van der Waals surface area contributed by atoms with Crippen LogP contribution < -0.4 is 5.32 Å². The van der Waals surface area contributed by atoms with Crippen molar-refractivity contribution in [1.29, 1.82) is 0 Å². The van der Waals surface area contributed by atoms with Gasteiger partial charge in [-0.15, -0.1) is 12.6 Å². The van der Waals surface area contributed by atoms with Gasteiger partial charge in [-0.1, -0.05) is 39.5 Å². The van der Waals surface area contributed by atoms with Gasteiger partial charge in [-0.05, 0) is 12.3 Å². The number of carbonyl (C=O) groups is 2. The summed E-state index contributed by atoms with van der Waals surface area (Å²) < 4.78 is 1.20. The molecular formula is C15H25N3O2S. The van der Waals surface area contributed by atoms with Gasteiger partial charge in [0.15, 0.2) is 0 Å². The molecule has 0 saturated heterocycles. The zero-order valence-electron chi connectivity index (χ0n) is 12.8. The second kappa shape index (κ2) is 9.60. The van der Waals surface area contributed by atoms with Crippen molar-refractivity contribution in [3.8, 4) is 0 Å². The lowest BCUT2D eigenvalue weighted by molar-refractivity contribution is -0.122. The number of unbranched alkanes of at least 4 members (excludes halogenated alkanes) is 1. The molecule has 0 saturated carbocycles. The molecule has 1 N–H and O–H groups in total. The van der Waals surface area contributed by atoms with E-state index in [1.54, 1.807) is 0 Å². The summed E-state index contributed by atoms with van der Waals surface area (Å²) in [5.74, 6) is 0.0965. The SMILES string of the molecule is CCCCC(CCC)CC(=O)NCC(=O)n1cc(S)cn1. The van der Waals surface area contributed by atoms with Gasteiger partial charge in [-0.3, -0.25) is 9.59 Å². The number of amides is 1. The van der Waals surface area contributed by atoms with Crippen molar-refractivity contribution in [2.75, 3.05) is 6.54 Å². The first-order chi connectivity index (χ1) is 10.1. The molecule has 1 unspecified atom stereocenters. The summed E-state index contributed by atoms with van der Waals surface area (Å²) in [7, 11) is 0. The summed E-state index contributed by atoms with van der Waals surface area (Å²) in [6.07, 6.45) is 9.03. The second-order valence-electron chi connectivity index (χ2n) is 5.31. The normalized spacial score (nSPS) is 12.1. The fourth-order valence-corrected chi connectivity index (χ4v) is 2.45. The Morgan fingerprint density at radius 1 is 1.33 bits per heavy atom. The zero-order valence-corrected chi connectivity index (χ0v) is 13.7. The minimum atomic E-state index is -0.260. The topological polar surface area (TPSA) is 64.0 Å². The van der Waals surface area contributed by atoms with Crippen molar-refractivity contribution in [3.05, 3.63) is 12.4 Å². The molecule has 1 atom stereocenters. The Bertz CT molecular complexity index is 460. The van der Waals surface area contributed by atoms with Crippen LogP contribution in [0.5, 0.6) is 0 Å². The van der Waals surface area contributed by atoms with E-state index in [2.05, 4.69) is 36.9 Å². The molecule has 0 spiro atoms. The molecule has 1 aromatic rings. The molecule has 0 radical (unpaired) electrons. The highest BCUT2D eigenvalue weighted by Gasteiger charge is 2.14. The van der Waals surface area contributed by atoms with Crippen LogP contribution in [0.1, 0.15) is 57.2 Å². The van der Waals surface area contributed by atoms with Crippen LogP contribution in [0, 0.1) is 5.92 Å². The zero-order chi connectivity index (χ0) is 15.7. The number of hydrogen-bond donors (Lipinski definition) is 2. The summed E-state index contributed by atoms with van der Waals surface area (Å²) in [5.41, 5.74) is 0. The summed E-state index contributed by atoms with van der Waals surface area (Å²) >= 11 is 4.09. The van der Waals surface area contributed by atoms with Crippen molar-refractivity contribution in [3.63, 3.8) is 0 Å². The molecule has 0 aliphatic heterocycles. The second-order valence-corrected chi connectivity index (χ2v) is 5.83. The lowest BCUT2D eigenvalue weighted by Crippen LogP contribution is -2.33. The third kappa shape index (κ3) is 6.80. The minimum Gasteiger partial charge on any atom is -0.347 e. The molecule has 118 valence electrons. The quantitative estimate of drug-likeness (QED) is 0.689. The van der Waals surface area contributed by atoms with E-state index in [1.165, 1.54) is 17.1 Å². The van der Waals surface area contributed by atoms with E-state index in [0.29, 0.717) is 17.2 Å². The number of thiol groups is 1. The van der Waals surface area contributed by atoms with E-state index in [4.69, 9.17) is 0 Å². The van der Waals surface area contributed by atoms with E-state index in [0.717, 1.165) is 32.1 Å². The number of aromatic nitrogens is 2. The molecule has 21 heavy (non-hydrogen) atoms. The fraction of sp³-hybridized carbons (Fsp3) is 0.667. The van der Waals surface area contributed by atoms with Crippen molar-refractivity contribution in [2.45, 2.75) is 57.3 Å². The molecule has 1 aromatic heterocycles. The molecular weight excluding hydrogens is 286 g/mol. The summed E-state index contributed by atoms with van der Waals surface area (Å²) in [5, 5.41) is 6.55. The van der Waals surface area contributed by atoms with E-state index in [9.17, 15) is 9.59 Å². The lowest BCUT2D eigenvalue weighted by Gasteiger charge is -2.15. The minimum absolute atomic E-state index is 0.0274. The molecule has 0 fully saturated rings. The summed E-state index contributed by atoms with van der Waals surface area (Å²) in [6, 6.07) is 0. The predicted octanol–water partition coefficient (Wildman–Crippen LogP) is 2.92. The van der Waals surface area contributed by atoms with Gasteiger partial charge in [0.25, 0.3) is 5.91 Å². The largest absolute Gasteiger partial charge is 0.347 e. The van der Waals surface area contributed by atoms with Crippen molar-refractivity contribution >= 4 is 24.4 Å². The van der Waals surface area contributed by atoms with Crippen molar-refractivity contribution in [2.24, 2.45) is 5.92 Å². The Morgan fingerprint density at radius 2 is 2.10 bits per heavy atom. The number of nitrogens with one attached hydrogen (secondary N) is 1. The Balaban J connectivity index is 2.36. The molecule has 6 heteroatoms. The van der Waals surface area contributed by atoms with E-state index in [-0.39, 0.29) is 18.4 Å². The molecule has 5 nitrogen and oxygen atoms in total. The smallest absolute Gasteiger partial charge is 0.266 e. The molecule has 0 bridgehead atoms. The van der Waals surface area contributed by atoms with Gasteiger partial charge in [0.1, 0.15) is 0 Å². The van der Waals surface area contributed by atoms with Gasteiger partial charge in [0.2, 0.25) is 5.91 Å². The van der Waals surface area contributed by atoms with Gasteiger partial charge in [-0.25, -0.2) is 4.68 Å². The number of hydrogen-bond acceptors (Lipinski definition) is 4. The van der Waals surface area contributed by atoms with Crippen LogP contribution in [0.25, 0.3) is 0 Å². The van der Waals surface area contributed by atoms with Crippen LogP contribution >= 0.6 is 12.6 Å². The van der Waals surface area contributed by atoms with Gasteiger partial charge >= 0.3 is 0 Å². The maximum absolute atomic E-state index is 11.9. The highest BCUT2D eigenvalue weighted by molar-refractivity contribution is 7.80. The van der Waals surface area contributed by atoms with Crippen molar-refractivity contribution < 1.29 is 9.59 Å². The van der Waals surface area contributed by atoms with Crippen LogP contribution in [-0.4, -0.2) is 28.1 Å². The fourth-order valence-electron chi connectivity index (χ4n) is 2.29. The van der Waals surface area contributed by atoms with E-state index in [1.807, 2.05) is 0 Å². The molecule has 0 aliphatic carbocycles. The first-order valence-corrected chi connectivity index (χ1v) is 8.05. The Morgan fingerprint density at radius 3 is 2.67 bits per heavy atom. The molecule has 1 amide bonds. The Labute approximate surface area is 131 Å². The van der Waals surface area contributed by atoms with Crippen molar-refractivity contribution in [1.82, 2.24) is 15.1 Å². The van der Waals surface area contributed by atoms with Crippen LogP contribution in [0.4, 0.5) is 0 Å². The van der Waals surface area contributed by atoms with E-state index < -0.39 is 0 Å². The first kappa shape index (κ1) is 17.8. The van der Waals surface area contributed by atoms with Gasteiger partial charge < -0.3 is 5.32 Å². The number of rotatable bonds is 9. The first-order valence-electron chi connectivity index (χ1n) is 7.60. The van der Waals surface area contributed by atoms with Crippen LogP contribution in [0.15, 0.2) is 17.3 Å². The van der Waals surface area contributed by atoms with Gasteiger partial charge in [0.05, 0.1) is 12.7 Å². The highest BCUT2D eigenvalue weighted by atomic mass is 32.1. The Hall–Kier alpha value is -1.30. The molecule has 1 rings (SSSR count). The number of carbonyl (C=O) groups excluding carboxylic acids is 2. The highest BCUT2D eigenvalue weighted by Crippen LogP contribution is 2.18. The molecule has 1 heterocycles. The summed E-state index contributed by atoms with van der Waals surface area (Å²) in [6.45, 7) is 4.26. The van der Waals surface area contributed by atoms with Gasteiger partial charge in [-0.2, -0.15) is 5.10 Å². The van der Waals surface area contributed by atoms with Crippen LogP contribution in [0.3, 0.4) is 0 Å².